The average molecular weight is 310 g/mol. The lowest BCUT2D eigenvalue weighted by Gasteiger charge is -2.34. The molecular formula is C14H20ClN5O. The summed E-state index contributed by atoms with van der Waals surface area (Å²) >= 11 is 0. The van der Waals surface area contributed by atoms with Crippen molar-refractivity contribution in [1.29, 1.82) is 0 Å². The maximum atomic E-state index is 12.3. The van der Waals surface area contributed by atoms with E-state index in [4.69, 9.17) is 0 Å². The first-order chi connectivity index (χ1) is 9.68. The minimum Gasteiger partial charge on any atom is -0.351 e. The first-order valence-corrected chi connectivity index (χ1v) is 6.94. The van der Waals surface area contributed by atoms with Crippen molar-refractivity contribution in [3.05, 3.63) is 30.4 Å². The number of amides is 1. The summed E-state index contributed by atoms with van der Waals surface area (Å²) in [5.41, 5.74) is 1.44. The molecule has 1 aliphatic heterocycles. The second kappa shape index (κ2) is 6.41. The second-order valence-electron chi connectivity index (χ2n) is 5.74. The summed E-state index contributed by atoms with van der Waals surface area (Å²) < 4.78 is 1.66. The van der Waals surface area contributed by atoms with Crippen LogP contribution in [-0.2, 0) is 0 Å². The van der Waals surface area contributed by atoms with E-state index in [1.807, 2.05) is 0 Å². The number of piperidine rings is 1. The maximum Gasteiger partial charge on any atom is 0.255 e. The molecule has 0 spiro atoms. The van der Waals surface area contributed by atoms with E-state index in [0.29, 0.717) is 12.1 Å². The number of halogens is 1. The van der Waals surface area contributed by atoms with Crippen LogP contribution in [-0.4, -0.2) is 40.1 Å². The number of nitrogens with one attached hydrogen (secondary N) is 2. The van der Waals surface area contributed by atoms with Gasteiger partial charge in [-0.2, -0.15) is 5.10 Å². The predicted octanol–water partition coefficient (Wildman–Crippen LogP) is 1.27. The van der Waals surface area contributed by atoms with E-state index >= 15 is 0 Å². The molecule has 7 heteroatoms. The summed E-state index contributed by atoms with van der Waals surface area (Å²) in [5.74, 6) is -0.0835. The Bertz CT molecular complexity index is 621. The Morgan fingerprint density at radius 3 is 3.14 bits per heavy atom. The highest BCUT2D eigenvalue weighted by atomic mass is 35.5. The Kier molecular flexibility index (Phi) is 4.80. The van der Waals surface area contributed by atoms with Crippen molar-refractivity contribution in [2.24, 2.45) is 5.41 Å². The molecule has 1 atom stereocenters. The van der Waals surface area contributed by atoms with Gasteiger partial charge in [0.15, 0.2) is 0 Å². The monoisotopic (exact) mass is 309 g/mol. The smallest absolute Gasteiger partial charge is 0.255 e. The van der Waals surface area contributed by atoms with E-state index < -0.39 is 0 Å². The summed E-state index contributed by atoms with van der Waals surface area (Å²) in [5, 5.41) is 10.6. The molecule has 1 saturated heterocycles. The lowest BCUT2D eigenvalue weighted by molar-refractivity contribution is 0.0926. The summed E-state index contributed by atoms with van der Waals surface area (Å²) in [6.07, 6.45) is 8.93. The highest BCUT2D eigenvalue weighted by Gasteiger charge is 2.27. The van der Waals surface area contributed by atoms with E-state index in [2.05, 4.69) is 27.6 Å². The van der Waals surface area contributed by atoms with Crippen molar-refractivity contribution < 1.29 is 4.79 Å². The van der Waals surface area contributed by atoms with Crippen molar-refractivity contribution in [2.75, 3.05) is 19.6 Å². The van der Waals surface area contributed by atoms with Crippen LogP contribution in [0.3, 0.4) is 0 Å². The third kappa shape index (κ3) is 3.33. The van der Waals surface area contributed by atoms with Crippen LogP contribution >= 0.6 is 12.4 Å². The van der Waals surface area contributed by atoms with Crippen LogP contribution in [0.4, 0.5) is 0 Å². The summed E-state index contributed by atoms with van der Waals surface area (Å²) in [7, 11) is 0. The van der Waals surface area contributed by atoms with Gasteiger partial charge in [0.25, 0.3) is 5.91 Å². The molecule has 21 heavy (non-hydrogen) atoms. The van der Waals surface area contributed by atoms with Gasteiger partial charge in [-0.15, -0.1) is 12.4 Å². The normalized spacial score (nSPS) is 21.8. The lowest BCUT2D eigenvalue weighted by Crippen LogP contribution is -2.45. The van der Waals surface area contributed by atoms with Crippen LogP contribution in [0.5, 0.6) is 0 Å². The highest BCUT2D eigenvalue weighted by molar-refractivity contribution is 6.00. The van der Waals surface area contributed by atoms with Crippen molar-refractivity contribution in [3.63, 3.8) is 0 Å². The SMILES string of the molecule is CC1(CNC(=O)c2cnn3ccncc23)CCCNC1.Cl. The molecule has 1 aliphatic rings. The molecule has 2 N–H and O–H groups in total. The molecule has 0 aliphatic carbocycles. The third-order valence-electron chi connectivity index (χ3n) is 3.93. The molecule has 0 radical (unpaired) electrons. The molecule has 0 aromatic carbocycles. The fourth-order valence-electron chi connectivity index (χ4n) is 2.67. The predicted molar refractivity (Wildman–Crippen MR) is 82.8 cm³/mol. The molecule has 114 valence electrons. The number of aromatic nitrogens is 3. The summed E-state index contributed by atoms with van der Waals surface area (Å²) in [6.45, 7) is 4.90. The van der Waals surface area contributed by atoms with Gasteiger partial charge in [-0.25, -0.2) is 4.52 Å². The molecule has 1 fully saturated rings. The third-order valence-corrected chi connectivity index (χ3v) is 3.93. The first kappa shape index (κ1) is 15.7. The minimum absolute atomic E-state index is 0. The van der Waals surface area contributed by atoms with Crippen LogP contribution in [0.2, 0.25) is 0 Å². The average Bonchev–Trinajstić information content (AvgIpc) is 2.90. The van der Waals surface area contributed by atoms with E-state index in [9.17, 15) is 4.79 Å². The Balaban J connectivity index is 0.00000161. The van der Waals surface area contributed by atoms with Crippen LogP contribution in [0.15, 0.2) is 24.8 Å². The van der Waals surface area contributed by atoms with Gasteiger partial charge in [0.1, 0.15) is 0 Å². The van der Waals surface area contributed by atoms with Crippen molar-refractivity contribution in [1.82, 2.24) is 25.2 Å². The topological polar surface area (TPSA) is 71.3 Å². The summed E-state index contributed by atoms with van der Waals surface area (Å²) in [6, 6.07) is 0. The Morgan fingerprint density at radius 2 is 2.38 bits per heavy atom. The van der Waals surface area contributed by atoms with Crippen molar-refractivity contribution in [3.8, 4) is 0 Å². The molecule has 1 unspecified atom stereocenters. The number of hydrogen-bond acceptors (Lipinski definition) is 4. The molecule has 0 saturated carbocycles. The van der Waals surface area contributed by atoms with E-state index in [0.717, 1.165) is 31.4 Å². The van der Waals surface area contributed by atoms with Gasteiger partial charge < -0.3 is 10.6 Å². The molecule has 0 bridgehead atoms. The fourth-order valence-corrected chi connectivity index (χ4v) is 2.67. The Labute approximate surface area is 129 Å². The molecule has 3 rings (SSSR count). The zero-order valence-electron chi connectivity index (χ0n) is 12.0. The van der Waals surface area contributed by atoms with Crippen LogP contribution in [0, 0.1) is 5.41 Å². The van der Waals surface area contributed by atoms with Crippen molar-refractivity contribution in [2.45, 2.75) is 19.8 Å². The van der Waals surface area contributed by atoms with Gasteiger partial charge in [-0.3, -0.25) is 9.78 Å². The van der Waals surface area contributed by atoms with Gasteiger partial charge in [0, 0.05) is 25.5 Å². The standard InChI is InChI=1S/C14H19N5O.ClH/c1-14(3-2-4-16-9-14)10-17-13(20)11-7-18-19-6-5-15-8-12(11)19;/h5-8,16H,2-4,9-10H2,1H3,(H,17,20);1H. The lowest BCUT2D eigenvalue weighted by atomic mass is 9.83. The molecule has 2 aromatic heterocycles. The quantitative estimate of drug-likeness (QED) is 0.896. The fraction of sp³-hybridized carbons (Fsp3) is 0.500. The number of rotatable bonds is 3. The number of fused-ring (bicyclic) bond motifs is 1. The van der Waals surface area contributed by atoms with Crippen LogP contribution in [0.25, 0.3) is 5.52 Å². The summed E-state index contributed by atoms with van der Waals surface area (Å²) in [4.78, 5) is 16.3. The number of hydrogen-bond donors (Lipinski definition) is 2. The number of nitrogens with zero attached hydrogens (tertiary/aromatic N) is 3. The first-order valence-electron chi connectivity index (χ1n) is 6.94. The van der Waals surface area contributed by atoms with Crippen molar-refractivity contribution >= 4 is 23.8 Å². The van der Waals surface area contributed by atoms with Gasteiger partial charge in [-0.05, 0) is 24.8 Å². The highest BCUT2D eigenvalue weighted by Crippen LogP contribution is 2.24. The number of carbonyl (C=O) groups is 1. The molecule has 1 amide bonds. The van der Waals surface area contributed by atoms with E-state index in [1.165, 1.54) is 0 Å². The maximum absolute atomic E-state index is 12.3. The Morgan fingerprint density at radius 1 is 1.52 bits per heavy atom. The largest absolute Gasteiger partial charge is 0.351 e. The molecule has 3 heterocycles. The molecule has 6 nitrogen and oxygen atoms in total. The minimum atomic E-state index is -0.0835. The van der Waals surface area contributed by atoms with E-state index in [1.54, 1.807) is 29.3 Å². The van der Waals surface area contributed by atoms with Crippen LogP contribution < -0.4 is 10.6 Å². The second-order valence-corrected chi connectivity index (χ2v) is 5.74. The van der Waals surface area contributed by atoms with Gasteiger partial charge in [-0.1, -0.05) is 6.92 Å². The van der Waals surface area contributed by atoms with E-state index in [-0.39, 0.29) is 23.7 Å². The zero-order valence-corrected chi connectivity index (χ0v) is 12.8. The van der Waals surface area contributed by atoms with Gasteiger partial charge in [0.05, 0.1) is 23.5 Å². The van der Waals surface area contributed by atoms with Gasteiger partial charge in [0.2, 0.25) is 0 Å². The number of carbonyl (C=O) groups excluding carboxylic acids is 1. The van der Waals surface area contributed by atoms with Gasteiger partial charge >= 0.3 is 0 Å². The molecule has 2 aromatic rings. The molecular weight excluding hydrogens is 290 g/mol. The Hall–Kier alpha value is -1.66. The zero-order chi connectivity index (χ0) is 14.0. The van der Waals surface area contributed by atoms with Crippen LogP contribution in [0.1, 0.15) is 30.1 Å².